The van der Waals surface area contributed by atoms with Crippen molar-refractivity contribution in [1.29, 1.82) is 0 Å². The lowest BCUT2D eigenvalue weighted by Crippen LogP contribution is -2.42. The van der Waals surface area contributed by atoms with E-state index in [1.165, 1.54) is 38.4 Å². The van der Waals surface area contributed by atoms with E-state index in [0.717, 1.165) is 19.6 Å². The van der Waals surface area contributed by atoms with Crippen LogP contribution in [-0.4, -0.2) is 48.5 Å². The second-order valence-corrected chi connectivity index (χ2v) is 5.91. The summed E-state index contributed by atoms with van der Waals surface area (Å²) >= 11 is 0. The Morgan fingerprint density at radius 2 is 2.00 bits per heavy atom. The van der Waals surface area contributed by atoms with Crippen LogP contribution in [0.4, 0.5) is 5.69 Å². The number of guanidine groups is 1. The fourth-order valence-electron chi connectivity index (χ4n) is 2.84. The van der Waals surface area contributed by atoms with Crippen molar-refractivity contribution in [2.45, 2.75) is 32.7 Å². The molecule has 0 saturated carbocycles. The average molecular weight is 333 g/mol. The maximum Gasteiger partial charge on any atom is 0.274 e. The number of rotatable bonds is 7. The standard InChI is InChI=1S/C17H27N5O2/c1-2-18-17(19-10-13-21-11-6-3-7-12-21)20-14-15-8-4-5-9-16(15)22(23)24/h4-5,8-9H,2-3,6-7,10-14H2,1H3,(H2,18,19,20). The summed E-state index contributed by atoms with van der Waals surface area (Å²) in [6.45, 7) is 7.21. The van der Waals surface area contributed by atoms with Crippen LogP contribution in [0.5, 0.6) is 0 Å². The highest BCUT2D eigenvalue weighted by atomic mass is 16.6. The molecule has 0 unspecified atom stereocenters. The molecule has 0 aliphatic carbocycles. The molecule has 1 heterocycles. The van der Waals surface area contributed by atoms with Crippen LogP contribution in [0.15, 0.2) is 29.3 Å². The summed E-state index contributed by atoms with van der Waals surface area (Å²) in [5.74, 6) is 0.702. The highest BCUT2D eigenvalue weighted by Crippen LogP contribution is 2.18. The van der Waals surface area contributed by atoms with Crippen molar-refractivity contribution < 1.29 is 4.92 Å². The SMILES string of the molecule is CCNC(=NCc1ccccc1[N+](=O)[O-])NCCN1CCCCC1. The molecule has 1 fully saturated rings. The number of nitrogens with zero attached hydrogens (tertiary/aromatic N) is 3. The van der Waals surface area contributed by atoms with E-state index < -0.39 is 0 Å². The lowest BCUT2D eigenvalue weighted by molar-refractivity contribution is -0.385. The molecule has 0 aromatic heterocycles. The number of likely N-dealkylation sites (tertiary alicyclic amines) is 1. The first-order chi connectivity index (χ1) is 11.7. The summed E-state index contributed by atoms with van der Waals surface area (Å²) in [5.41, 5.74) is 0.737. The van der Waals surface area contributed by atoms with Gasteiger partial charge in [-0.05, 0) is 32.9 Å². The van der Waals surface area contributed by atoms with Gasteiger partial charge in [-0.2, -0.15) is 0 Å². The van der Waals surface area contributed by atoms with E-state index in [-0.39, 0.29) is 17.2 Å². The molecule has 1 aromatic carbocycles. The van der Waals surface area contributed by atoms with Gasteiger partial charge in [0.05, 0.1) is 17.0 Å². The molecule has 2 rings (SSSR count). The number of aliphatic imine (C=N–C) groups is 1. The topological polar surface area (TPSA) is 82.8 Å². The second kappa shape index (κ2) is 9.87. The molecule has 1 saturated heterocycles. The lowest BCUT2D eigenvalue weighted by atomic mass is 10.1. The number of para-hydroxylation sites is 1. The fraction of sp³-hybridized carbons (Fsp3) is 0.588. The van der Waals surface area contributed by atoms with Gasteiger partial charge in [-0.1, -0.05) is 24.6 Å². The Morgan fingerprint density at radius 3 is 2.71 bits per heavy atom. The summed E-state index contributed by atoms with van der Waals surface area (Å²) in [4.78, 5) is 17.6. The third-order valence-electron chi connectivity index (χ3n) is 4.11. The zero-order valence-electron chi connectivity index (χ0n) is 14.3. The summed E-state index contributed by atoms with van der Waals surface area (Å²) in [5, 5.41) is 17.6. The van der Waals surface area contributed by atoms with E-state index in [1.54, 1.807) is 18.2 Å². The molecular formula is C17H27N5O2. The van der Waals surface area contributed by atoms with Crippen molar-refractivity contribution in [3.05, 3.63) is 39.9 Å². The van der Waals surface area contributed by atoms with Gasteiger partial charge in [0.25, 0.3) is 5.69 Å². The van der Waals surface area contributed by atoms with Crippen LogP contribution in [0.1, 0.15) is 31.7 Å². The highest BCUT2D eigenvalue weighted by Gasteiger charge is 2.12. The van der Waals surface area contributed by atoms with E-state index >= 15 is 0 Å². The minimum atomic E-state index is -0.360. The van der Waals surface area contributed by atoms with Crippen LogP contribution in [-0.2, 0) is 6.54 Å². The average Bonchev–Trinajstić information content (AvgIpc) is 2.60. The van der Waals surface area contributed by atoms with Gasteiger partial charge in [-0.3, -0.25) is 10.1 Å². The van der Waals surface area contributed by atoms with Gasteiger partial charge in [0.1, 0.15) is 0 Å². The Hall–Kier alpha value is -2.15. The number of piperidine rings is 1. The molecule has 0 amide bonds. The van der Waals surface area contributed by atoms with Crippen molar-refractivity contribution in [3.8, 4) is 0 Å². The van der Waals surface area contributed by atoms with Crippen LogP contribution in [0, 0.1) is 10.1 Å². The monoisotopic (exact) mass is 333 g/mol. The third-order valence-corrected chi connectivity index (χ3v) is 4.11. The van der Waals surface area contributed by atoms with E-state index in [1.807, 2.05) is 6.92 Å². The van der Waals surface area contributed by atoms with Gasteiger partial charge in [0.2, 0.25) is 0 Å². The number of nitro groups is 1. The first kappa shape index (κ1) is 18.2. The van der Waals surface area contributed by atoms with E-state index in [9.17, 15) is 10.1 Å². The molecule has 1 aliphatic rings. The zero-order valence-corrected chi connectivity index (χ0v) is 14.3. The zero-order chi connectivity index (χ0) is 17.2. The smallest absolute Gasteiger partial charge is 0.274 e. The Balaban J connectivity index is 1.89. The van der Waals surface area contributed by atoms with Gasteiger partial charge in [0.15, 0.2) is 5.96 Å². The van der Waals surface area contributed by atoms with Gasteiger partial charge >= 0.3 is 0 Å². The van der Waals surface area contributed by atoms with Gasteiger partial charge < -0.3 is 15.5 Å². The normalized spacial score (nSPS) is 16.0. The van der Waals surface area contributed by atoms with Crippen LogP contribution >= 0.6 is 0 Å². The number of hydrogen-bond donors (Lipinski definition) is 2. The molecule has 0 bridgehead atoms. The van der Waals surface area contributed by atoms with E-state index in [4.69, 9.17) is 0 Å². The summed E-state index contributed by atoms with van der Waals surface area (Å²) < 4.78 is 0. The first-order valence-corrected chi connectivity index (χ1v) is 8.67. The van der Waals surface area contributed by atoms with Gasteiger partial charge in [-0.25, -0.2) is 4.99 Å². The first-order valence-electron chi connectivity index (χ1n) is 8.67. The molecule has 1 aromatic rings. The van der Waals surface area contributed by atoms with Gasteiger partial charge in [-0.15, -0.1) is 0 Å². The van der Waals surface area contributed by atoms with E-state index in [2.05, 4.69) is 20.5 Å². The summed E-state index contributed by atoms with van der Waals surface area (Å²) in [7, 11) is 0. The number of hydrogen-bond acceptors (Lipinski definition) is 4. The van der Waals surface area contributed by atoms with Crippen molar-refractivity contribution >= 4 is 11.6 Å². The number of nitrogens with one attached hydrogen (secondary N) is 2. The fourth-order valence-corrected chi connectivity index (χ4v) is 2.84. The molecule has 0 spiro atoms. The predicted octanol–water partition coefficient (Wildman–Crippen LogP) is 2.14. The van der Waals surface area contributed by atoms with Gasteiger partial charge in [0, 0.05) is 25.7 Å². The summed E-state index contributed by atoms with van der Waals surface area (Å²) in [6, 6.07) is 6.74. The number of nitro benzene ring substituents is 1. The third kappa shape index (κ3) is 5.81. The Bertz CT molecular complexity index is 556. The highest BCUT2D eigenvalue weighted by molar-refractivity contribution is 5.79. The van der Waals surface area contributed by atoms with Crippen molar-refractivity contribution in [3.63, 3.8) is 0 Å². The van der Waals surface area contributed by atoms with Crippen molar-refractivity contribution in [1.82, 2.24) is 15.5 Å². The Labute approximate surface area is 143 Å². The van der Waals surface area contributed by atoms with Crippen LogP contribution in [0.3, 0.4) is 0 Å². The Morgan fingerprint density at radius 1 is 1.25 bits per heavy atom. The molecule has 7 nitrogen and oxygen atoms in total. The molecule has 132 valence electrons. The largest absolute Gasteiger partial charge is 0.357 e. The lowest BCUT2D eigenvalue weighted by Gasteiger charge is -2.26. The minimum absolute atomic E-state index is 0.116. The van der Waals surface area contributed by atoms with Crippen molar-refractivity contribution in [2.75, 3.05) is 32.7 Å². The number of benzene rings is 1. The minimum Gasteiger partial charge on any atom is -0.357 e. The second-order valence-electron chi connectivity index (χ2n) is 5.91. The molecule has 0 atom stereocenters. The molecule has 2 N–H and O–H groups in total. The summed E-state index contributed by atoms with van der Waals surface area (Å²) in [6.07, 6.45) is 3.90. The molecular weight excluding hydrogens is 306 g/mol. The van der Waals surface area contributed by atoms with Crippen LogP contribution in [0.25, 0.3) is 0 Å². The Kier molecular flexibility index (Phi) is 7.48. The van der Waals surface area contributed by atoms with Crippen LogP contribution < -0.4 is 10.6 Å². The molecule has 7 heteroatoms. The molecule has 0 radical (unpaired) electrons. The van der Waals surface area contributed by atoms with E-state index in [0.29, 0.717) is 11.5 Å². The van der Waals surface area contributed by atoms with Crippen molar-refractivity contribution in [2.24, 2.45) is 4.99 Å². The molecule has 24 heavy (non-hydrogen) atoms. The predicted molar refractivity (Wildman–Crippen MR) is 96.2 cm³/mol. The maximum atomic E-state index is 11.1. The molecule has 1 aliphatic heterocycles. The van der Waals surface area contributed by atoms with Crippen LogP contribution in [0.2, 0.25) is 0 Å². The quantitative estimate of drug-likeness (QED) is 0.346. The maximum absolute atomic E-state index is 11.1.